The topological polar surface area (TPSA) is 69.2 Å². The first-order valence-corrected chi connectivity index (χ1v) is 7.70. The molecule has 23 heavy (non-hydrogen) atoms. The fourth-order valence-corrected chi connectivity index (χ4v) is 2.71. The van der Waals surface area contributed by atoms with Crippen LogP contribution in [-0.2, 0) is 11.2 Å². The van der Waals surface area contributed by atoms with Crippen LogP contribution >= 0.6 is 11.3 Å². The highest BCUT2D eigenvalue weighted by atomic mass is 32.1. The minimum Gasteiger partial charge on any atom is -0.493 e. The number of hydrogen-bond acceptors (Lipinski definition) is 6. The van der Waals surface area contributed by atoms with Crippen LogP contribution < -0.4 is 19.6 Å². The molecule has 0 fully saturated rings. The minimum absolute atomic E-state index is 0.178. The van der Waals surface area contributed by atoms with Crippen LogP contribution in [0.1, 0.15) is 10.4 Å². The highest BCUT2D eigenvalue weighted by Crippen LogP contribution is 2.38. The van der Waals surface area contributed by atoms with Crippen molar-refractivity contribution in [3.63, 3.8) is 0 Å². The summed E-state index contributed by atoms with van der Waals surface area (Å²) in [5.74, 6) is 1.35. The summed E-state index contributed by atoms with van der Waals surface area (Å²) in [6, 6.07) is 7.33. The van der Waals surface area contributed by atoms with Gasteiger partial charge in [0.1, 0.15) is 0 Å². The average molecular weight is 334 g/mol. The molecule has 0 saturated carbocycles. The second-order valence-electron chi connectivity index (χ2n) is 4.47. The predicted molar refractivity (Wildman–Crippen MR) is 89.9 cm³/mol. The molecule has 0 aliphatic rings. The molecule has 1 N–H and O–H groups in total. The van der Waals surface area contributed by atoms with Gasteiger partial charge in [-0.2, -0.15) is 5.10 Å². The highest BCUT2D eigenvalue weighted by Gasteiger charge is 2.14. The average Bonchev–Trinajstić information content (AvgIpc) is 3.06. The number of methoxy groups -OCH3 is 3. The Labute approximate surface area is 138 Å². The number of carbonyl (C=O) groups is 1. The number of benzene rings is 1. The maximum absolute atomic E-state index is 11.8. The van der Waals surface area contributed by atoms with Gasteiger partial charge in [0, 0.05) is 10.4 Å². The summed E-state index contributed by atoms with van der Waals surface area (Å²) in [4.78, 5) is 12.8. The molecule has 2 rings (SSSR count). The van der Waals surface area contributed by atoms with E-state index in [0.717, 1.165) is 4.88 Å². The van der Waals surface area contributed by atoms with Crippen molar-refractivity contribution in [2.24, 2.45) is 5.10 Å². The van der Waals surface area contributed by atoms with E-state index in [-0.39, 0.29) is 5.91 Å². The molecule has 1 heterocycles. The molecule has 1 amide bonds. The van der Waals surface area contributed by atoms with E-state index in [9.17, 15) is 4.79 Å². The van der Waals surface area contributed by atoms with Crippen LogP contribution in [0.2, 0.25) is 0 Å². The van der Waals surface area contributed by atoms with E-state index in [2.05, 4.69) is 10.5 Å². The lowest BCUT2D eigenvalue weighted by Gasteiger charge is -2.13. The van der Waals surface area contributed by atoms with Gasteiger partial charge in [0.05, 0.1) is 34.0 Å². The molecule has 0 radical (unpaired) electrons. The molecule has 0 bridgehead atoms. The van der Waals surface area contributed by atoms with Crippen LogP contribution in [0.5, 0.6) is 17.2 Å². The molecule has 0 aliphatic heterocycles. The van der Waals surface area contributed by atoms with Gasteiger partial charge in [-0.05, 0) is 23.6 Å². The van der Waals surface area contributed by atoms with Crippen LogP contribution in [0.3, 0.4) is 0 Å². The third-order valence-corrected chi connectivity index (χ3v) is 3.92. The van der Waals surface area contributed by atoms with Gasteiger partial charge < -0.3 is 14.2 Å². The van der Waals surface area contributed by atoms with E-state index in [1.54, 1.807) is 19.2 Å². The number of carbonyl (C=O) groups excluding carboxylic acids is 1. The summed E-state index contributed by atoms with van der Waals surface area (Å²) in [6.45, 7) is 0. The fraction of sp³-hybridized carbons (Fsp3) is 0.250. The maximum Gasteiger partial charge on any atom is 0.245 e. The molecular weight excluding hydrogens is 316 g/mol. The number of ether oxygens (including phenoxy) is 3. The Balaban J connectivity index is 2.08. The number of thiophene rings is 1. The normalized spacial score (nSPS) is 10.6. The Morgan fingerprint density at radius 2 is 1.96 bits per heavy atom. The maximum atomic E-state index is 11.8. The van der Waals surface area contributed by atoms with Crippen LogP contribution in [0.15, 0.2) is 34.7 Å². The third kappa shape index (κ3) is 4.23. The van der Waals surface area contributed by atoms with E-state index in [4.69, 9.17) is 14.2 Å². The molecule has 7 heteroatoms. The molecule has 6 nitrogen and oxygen atoms in total. The Hall–Kier alpha value is -2.54. The zero-order valence-electron chi connectivity index (χ0n) is 13.2. The molecular formula is C16H18N2O4S. The Bertz CT molecular complexity index is 684. The number of nitrogens with one attached hydrogen (secondary N) is 1. The number of nitrogens with zero attached hydrogens (tertiary/aromatic N) is 1. The summed E-state index contributed by atoms with van der Waals surface area (Å²) < 4.78 is 15.9. The molecule has 0 unspecified atom stereocenters. The molecule has 0 aliphatic carbocycles. The van der Waals surface area contributed by atoms with Crippen molar-refractivity contribution in [2.45, 2.75) is 6.42 Å². The summed E-state index contributed by atoms with van der Waals surface area (Å²) in [7, 11) is 4.62. The minimum atomic E-state index is -0.178. The molecule has 0 spiro atoms. The molecule has 2 aromatic rings. The van der Waals surface area contributed by atoms with Gasteiger partial charge in [-0.3, -0.25) is 4.79 Å². The van der Waals surface area contributed by atoms with Gasteiger partial charge in [0.2, 0.25) is 11.7 Å². The first-order chi connectivity index (χ1) is 11.2. The van der Waals surface area contributed by atoms with Gasteiger partial charge in [0.25, 0.3) is 0 Å². The van der Waals surface area contributed by atoms with Crippen LogP contribution in [0.25, 0.3) is 0 Å². The van der Waals surface area contributed by atoms with Gasteiger partial charge in [-0.25, -0.2) is 5.43 Å². The molecule has 0 atom stereocenters. The standard InChI is InChI=1S/C16H18N2O4S/c1-20-13-7-6-11(15(21-2)16(13)22-3)10-17-18-14(19)9-12-5-4-8-23-12/h4-8,10H,9H2,1-3H3,(H,18,19)/b17-10+. The lowest BCUT2D eigenvalue weighted by atomic mass is 10.2. The first-order valence-electron chi connectivity index (χ1n) is 6.82. The van der Waals surface area contributed by atoms with Gasteiger partial charge in [-0.15, -0.1) is 11.3 Å². The smallest absolute Gasteiger partial charge is 0.245 e. The van der Waals surface area contributed by atoms with Crippen molar-refractivity contribution in [1.82, 2.24) is 5.43 Å². The number of amides is 1. The molecule has 1 aromatic carbocycles. The van der Waals surface area contributed by atoms with E-state index >= 15 is 0 Å². The van der Waals surface area contributed by atoms with E-state index < -0.39 is 0 Å². The van der Waals surface area contributed by atoms with Crippen LogP contribution in [-0.4, -0.2) is 33.5 Å². The third-order valence-electron chi connectivity index (χ3n) is 3.04. The quantitative estimate of drug-likeness (QED) is 0.624. The monoisotopic (exact) mass is 334 g/mol. The van der Waals surface area contributed by atoms with Crippen molar-refractivity contribution in [1.29, 1.82) is 0 Å². The zero-order chi connectivity index (χ0) is 16.7. The van der Waals surface area contributed by atoms with E-state index in [0.29, 0.717) is 29.2 Å². The van der Waals surface area contributed by atoms with Crippen molar-refractivity contribution in [3.8, 4) is 17.2 Å². The van der Waals surface area contributed by atoms with Gasteiger partial charge >= 0.3 is 0 Å². The molecule has 122 valence electrons. The predicted octanol–water partition coefficient (Wildman–Crippen LogP) is 2.47. The largest absolute Gasteiger partial charge is 0.493 e. The Morgan fingerprint density at radius 3 is 2.57 bits per heavy atom. The number of rotatable bonds is 7. The zero-order valence-corrected chi connectivity index (χ0v) is 14.0. The van der Waals surface area contributed by atoms with E-state index in [1.165, 1.54) is 31.8 Å². The van der Waals surface area contributed by atoms with Crippen LogP contribution in [0.4, 0.5) is 0 Å². The molecule has 0 saturated heterocycles. The summed E-state index contributed by atoms with van der Waals surface area (Å²) >= 11 is 1.53. The summed E-state index contributed by atoms with van der Waals surface area (Å²) in [5.41, 5.74) is 3.16. The van der Waals surface area contributed by atoms with Crippen molar-refractivity contribution in [3.05, 3.63) is 40.1 Å². The SMILES string of the molecule is COc1ccc(/C=N/NC(=O)Cc2cccs2)c(OC)c1OC. The van der Waals surface area contributed by atoms with Crippen molar-refractivity contribution >= 4 is 23.5 Å². The fourth-order valence-electron chi connectivity index (χ4n) is 2.01. The second kappa shape index (κ2) is 8.19. The lowest BCUT2D eigenvalue weighted by molar-refractivity contribution is -0.120. The van der Waals surface area contributed by atoms with Gasteiger partial charge in [0.15, 0.2) is 11.5 Å². The number of hydrogen-bond donors (Lipinski definition) is 1. The van der Waals surface area contributed by atoms with Crippen molar-refractivity contribution < 1.29 is 19.0 Å². The van der Waals surface area contributed by atoms with Crippen molar-refractivity contribution in [2.75, 3.05) is 21.3 Å². The Kier molecular flexibility index (Phi) is 5.99. The summed E-state index contributed by atoms with van der Waals surface area (Å²) in [5, 5.41) is 5.90. The van der Waals surface area contributed by atoms with E-state index in [1.807, 2.05) is 17.5 Å². The second-order valence-corrected chi connectivity index (χ2v) is 5.51. The first kappa shape index (κ1) is 16.8. The molecule has 1 aromatic heterocycles. The lowest BCUT2D eigenvalue weighted by Crippen LogP contribution is -2.19. The summed E-state index contributed by atoms with van der Waals surface area (Å²) in [6.07, 6.45) is 1.81. The Morgan fingerprint density at radius 1 is 1.17 bits per heavy atom. The highest BCUT2D eigenvalue weighted by molar-refractivity contribution is 7.10. The number of hydrazone groups is 1. The van der Waals surface area contributed by atoms with Gasteiger partial charge in [-0.1, -0.05) is 6.07 Å². The van der Waals surface area contributed by atoms with Crippen LogP contribution in [0, 0.1) is 0 Å².